The van der Waals surface area contributed by atoms with E-state index in [1.54, 1.807) is 16.8 Å². The molecule has 4 rings (SSSR count). The van der Waals surface area contributed by atoms with Crippen molar-refractivity contribution in [1.29, 1.82) is 0 Å². The molecule has 0 saturated carbocycles. The van der Waals surface area contributed by atoms with Gasteiger partial charge in [-0.1, -0.05) is 11.6 Å². The first-order valence-electron chi connectivity index (χ1n) is 7.85. The van der Waals surface area contributed by atoms with Crippen LogP contribution in [0.4, 0.5) is 5.82 Å². The number of benzene rings is 1. The van der Waals surface area contributed by atoms with Crippen molar-refractivity contribution in [1.82, 2.24) is 9.78 Å². The number of carbonyl (C=O) groups is 1. The number of hydrogen-bond donors (Lipinski definition) is 1. The summed E-state index contributed by atoms with van der Waals surface area (Å²) in [5, 5.41) is 8.24. The van der Waals surface area contributed by atoms with E-state index in [1.165, 1.54) is 6.26 Å². The van der Waals surface area contributed by atoms with Gasteiger partial charge in [-0.25, -0.2) is 4.68 Å². The van der Waals surface area contributed by atoms with Crippen LogP contribution in [0.3, 0.4) is 0 Å². The van der Waals surface area contributed by atoms with Gasteiger partial charge in [-0.3, -0.25) is 4.79 Å². The summed E-state index contributed by atoms with van der Waals surface area (Å²) >= 11 is 5.96. The van der Waals surface area contributed by atoms with Crippen molar-refractivity contribution in [3.05, 3.63) is 52.6 Å². The van der Waals surface area contributed by atoms with Crippen molar-refractivity contribution in [2.45, 2.75) is 19.3 Å². The third-order valence-corrected chi connectivity index (χ3v) is 4.34. The molecular weight excluding hydrogens is 330 g/mol. The maximum absolute atomic E-state index is 12.5. The molecule has 0 bridgehead atoms. The van der Waals surface area contributed by atoms with E-state index in [0.29, 0.717) is 24.1 Å². The van der Waals surface area contributed by atoms with Crippen LogP contribution in [0.15, 0.2) is 36.3 Å². The molecule has 1 aromatic carbocycles. The molecule has 2 aromatic rings. The molecule has 0 fully saturated rings. The van der Waals surface area contributed by atoms with Crippen molar-refractivity contribution in [2.24, 2.45) is 0 Å². The summed E-state index contributed by atoms with van der Waals surface area (Å²) in [6.45, 7) is 0.822. The number of amides is 1. The molecule has 2 aliphatic rings. The van der Waals surface area contributed by atoms with E-state index in [0.717, 1.165) is 36.2 Å². The Bertz CT molecular complexity index is 811. The van der Waals surface area contributed by atoms with E-state index in [1.807, 2.05) is 12.1 Å². The quantitative estimate of drug-likeness (QED) is 0.929. The van der Waals surface area contributed by atoms with E-state index < -0.39 is 0 Å². The predicted octanol–water partition coefficient (Wildman–Crippen LogP) is 2.84. The third-order valence-electron chi connectivity index (χ3n) is 4.08. The Morgan fingerprint density at radius 3 is 2.79 bits per heavy atom. The van der Waals surface area contributed by atoms with Gasteiger partial charge in [0.05, 0.1) is 11.4 Å². The molecule has 1 aliphatic carbocycles. The van der Waals surface area contributed by atoms with E-state index in [9.17, 15) is 4.79 Å². The number of nitrogens with zero attached hydrogens (tertiary/aromatic N) is 2. The lowest BCUT2D eigenvalue weighted by Gasteiger charge is -2.16. The minimum Gasteiger partial charge on any atom is -0.494 e. The van der Waals surface area contributed by atoms with Crippen LogP contribution in [0.5, 0.6) is 0 Å². The molecule has 0 radical (unpaired) electrons. The van der Waals surface area contributed by atoms with Crippen LogP contribution in [0.1, 0.15) is 17.7 Å². The summed E-state index contributed by atoms with van der Waals surface area (Å²) in [6, 6.07) is 7.35. The van der Waals surface area contributed by atoms with Gasteiger partial charge < -0.3 is 14.8 Å². The fourth-order valence-electron chi connectivity index (χ4n) is 2.95. The van der Waals surface area contributed by atoms with Crippen molar-refractivity contribution < 1.29 is 14.3 Å². The van der Waals surface area contributed by atoms with Crippen molar-refractivity contribution in [3.63, 3.8) is 0 Å². The van der Waals surface area contributed by atoms with Gasteiger partial charge >= 0.3 is 0 Å². The van der Waals surface area contributed by atoms with Crippen LogP contribution in [-0.4, -0.2) is 28.9 Å². The summed E-state index contributed by atoms with van der Waals surface area (Å²) in [5.41, 5.74) is 2.95. The number of fused-ring (bicyclic) bond motifs is 1. The first-order chi connectivity index (χ1) is 11.7. The predicted molar refractivity (Wildman–Crippen MR) is 89.2 cm³/mol. The second-order valence-electron chi connectivity index (χ2n) is 5.67. The standard InChI is InChI=1S/C17H16ClN3O3/c18-11-4-6-12(7-5-11)21-16(13-2-1-3-14(13)20-21)19-17(22)15-10-23-8-9-24-15/h4-7,10H,1-3,8-9H2,(H,19,22). The molecule has 1 N–H and O–H groups in total. The van der Waals surface area contributed by atoms with Gasteiger partial charge in [0, 0.05) is 10.6 Å². The molecule has 1 aliphatic heterocycles. The SMILES string of the molecule is O=C(Nc1c2c(nn1-c1ccc(Cl)cc1)CCC2)C1=COCCO1. The zero-order valence-electron chi connectivity index (χ0n) is 12.9. The van der Waals surface area contributed by atoms with Crippen LogP contribution in [0.25, 0.3) is 5.69 Å². The van der Waals surface area contributed by atoms with Gasteiger partial charge in [-0.15, -0.1) is 0 Å². The van der Waals surface area contributed by atoms with E-state index in [2.05, 4.69) is 10.4 Å². The number of aryl methyl sites for hydroxylation is 1. The lowest BCUT2D eigenvalue weighted by Crippen LogP contribution is -2.23. The lowest BCUT2D eigenvalue weighted by atomic mass is 10.2. The maximum Gasteiger partial charge on any atom is 0.295 e. The first-order valence-corrected chi connectivity index (χ1v) is 8.23. The number of halogens is 1. The Morgan fingerprint density at radius 2 is 2.04 bits per heavy atom. The molecule has 7 heteroatoms. The molecule has 24 heavy (non-hydrogen) atoms. The summed E-state index contributed by atoms with van der Waals surface area (Å²) in [4.78, 5) is 12.5. The topological polar surface area (TPSA) is 65.4 Å². The maximum atomic E-state index is 12.5. The molecule has 0 spiro atoms. The number of carbonyl (C=O) groups excluding carboxylic acids is 1. The highest BCUT2D eigenvalue weighted by Crippen LogP contribution is 2.31. The Hall–Kier alpha value is -2.47. The highest BCUT2D eigenvalue weighted by atomic mass is 35.5. The minimum atomic E-state index is -0.334. The molecule has 6 nitrogen and oxygen atoms in total. The van der Waals surface area contributed by atoms with Gasteiger partial charge in [0.1, 0.15) is 25.3 Å². The molecule has 0 atom stereocenters. The average Bonchev–Trinajstić information content (AvgIpc) is 3.19. The van der Waals surface area contributed by atoms with Crippen LogP contribution < -0.4 is 5.32 Å². The average molecular weight is 346 g/mol. The van der Waals surface area contributed by atoms with Crippen LogP contribution in [-0.2, 0) is 27.1 Å². The zero-order chi connectivity index (χ0) is 16.5. The monoisotopic (exact) mass is 345 g/mol. The highest BCUT2D eigenvalue weighted by Gasteiger charge is 2.26. The van der Waals surface area contributed by atoms with Crippen molar-refractivity contribution >= 4 is 23.3 Å². The van der Waals surface area contributed by atoms with Crippen molar-refractivity contribution in [3.8, 4) is 5.69 Å². The molecule has 1 aromatic heterocycles. The second-order valence-corrected chi connectivity index (χ2v) is 6.11. The number of rotatable bonds is 3. The van der Waals surface area contributed by atoms with Crippen LogP contribution in [0.2, 0.25) is 5.02 Å². The molecule has 0 unspecified atom stereocenters. The minimum absolute atomic E-state index is 0.178. The van der Waals surface area contributed by atoms with Crippen LogP contribution >= 0.6 is 11.6 Å². The molecular formula is C17H16ClN3O3. The number of nitrogens with one attached hydrogen (secondary N) is 1. The van der Waals surface area contributed by atoms with Crippen LogP contribution in [0, 0.1) is 0 Å². The fourth-order valence-corrected chi connectivity index (χ4v) is 3.07. The van der Waals surface area contributed by atoms with Gasteiger partial charge in [0.15, 0.2) is 0 Å². The van der Waals surface area contributed by atoms with Gasteiger partial charge in [0.2, 0.25) is 5.76 Å². The summed E-state index contributed by atoms with van der Waals surface area (Å²) < 4.78 is 12.3. The number of ether oxygens (including phenoxy) is 2. The lowest BCUT2D eigenvalue weighted by molar-refractivity contribution is -0.117. The molecule has 124 valence electrons. The van der Waals surface area contributed by atoms with Gasteiger partial charge in [-0.05, 0) is 43.5 Å². The summed E-state index contributed by atoms with van der Waals surface area (Å²) in [6.07, 6.45) is 4.21. The fraction of sp³-hybridized carbons (Fsp3) is 0.294. The highest BCUT2D eigenvalue weighted by molar-refractivity contribution is 6.30. The number of anilines is 1. The van der Waals surface area contributed by atoms with Crippen molar-refractivity contribution in [2.75, 3.05) is 18.5 Å². The number of hydrogen-bond acceptors (Lipinski definition) is 4. The normalized spacial score (nSPS) is 16.0. The number of aromatic nitrogens is 2. The van der Waals surface area contributed by atoms with Gasteiger partial charge in [0.25, 0.3) is 5.91 Å². The summed E-state index contributed by atoms with van der Waals surface area (Å²) in [5.74, 6) is 0.529. The Balaban J connectivity index is 1.69. The zero-order valence-corrected chi connectivity index (χ0v) is 13.7. The summed E-state index contributed by atoms with van der Waals surface area (Å²) in [7, 11) is 0. The largest absolute Gasteiger partial charge is 0.494 e. The van der Waals surface area contributed by atoms with Gasteiger partial charge in [-0.2, -0.15) is 5.10 Å². The second kappa shape index (κ2) is 6.20. The van der Waals surface area contributed by atoms with E-state index in [-0.39, 0.29) is 11.7 Å². The van der Waals surface area contributed by atoms with E-state index >= 15 is 0 Å². The Kier molecular flexibility index (Phi) is 3.90. The van der Waals surface area contributed by atoms with E-state index in [4.69, 9.17) is 21.1 Å². The Labute approximate surface area is 144 Å². The molecule has 1 amide bonds. The smallest absolute Gasteiger partial charge is 0.295 e. The Morgan fingerprint density at radius 1 is 1.21 bits per heavy atom. The first kappa shape index (κ1) is 15.1. The third kappa shape index (κ3) is 2.73. The molecule has 2 heterocycles. The molecule has 0 saturated heterocycles.